The summed E-state index contributed by atoms with van der Waals surface area (Å²) in [4.78, 5) is 20.1. The highest BCUT2D eigenvalue weighted by molar-refractivity contribution is 7.99. The summed E-state index contributed by atoms with van der Waals surface area (Å²) in [5, 5.41) is 0.748. The van der Waals surface area contributed by atoms with Crippen molar-refractivity contribution in [1.82, 2.24) is 9.97 Å². The highest BCUT2D eigenvalue weighted by atomic mass is 35.5. The summed E-state index contributed by atoms with van der Waals surface area (Å²) in [6.45, 7) is 0. The molecule has 0 spiro atoms. The van der Waals surface area contributed by atoms with Crippen LogP contribution in [0.25, 0.3) is 0 Å². The second-order valence-corrected chi connectivity index (χ2v) is 5.41. The lowest BCUT2D eigenvalue weighted by molar-refractivity contribution is 0.102. The molecule has 0 fully saturated rings. The van der Waals surface area contributed by atoms with E-state index in [0.29, 0.717) is 21.5 Å². The quantitative estimate of drug-likeness (QED) is 0.494. The Kier molecular flexibility index (Phi) is 4.87. The summed E-state index contributed by atoms with van der Waals surface area (Å²) in [5.41, 5.74) is 11.6. The number of halogens is 1. The molecule has 0 unspecified atom stereocenters. The second kappa shape index (κ2) is 6.64. The molecule has 2 rings (SSSR count). The number of hydrogen-bond acceptors (Lipinski definition) is 7. The minimum Gasteiger partial charge on any atom is -0.495 e. The lowest BCUT2D eigenvalue weighted by Crippen LogP contribution is -2.05. The third-order valence-corrected chi connectivity index (χ3v) is 3.69. The summed E-state index contributed by atoms with van der Waals surface area (Å²) < 4.78 is 5.04. The number of carbonyl (C=O) groups is 1. The molecule has 0 atom stereocenters. The largest absolute Gasteiger partial charge is 0.495 e. The first kappa shape index (κ1) is 15.4. The van der Waals surface area contributed by atoms with Crippen molar-refractivity contribution in [3.63, 3.8) is 0 Å². The molecule has 0 aliphatic heterocycles. The molecule has 2 aromatic rings. The van der Waals surface area contributed by atoms with E-state index in [2.05, 4.69) is 9.97 Å². The van der Waals surface area contributed by atoms with E-state index in [0.717, 1.165) is 11.8 Å². The number of Topliss-reactive ketones (excluding diaryl/α,β-unsaturated/α-hetero) is 1. The van der Waals surface area contributed by atoms with Crippen molar-refractivity contribution in [1.29, 1.82) is 0 Å². The Hall–Kier alpha value is -1.99. The molecule has 21 heavy (non-hydrogen) atoms. The standard InChI is InChI=1S/C13H13ClN4O2S/c1-20-10-3-2-7(4-8(10)14)9(19)6-21-13-17-11(15)5-12(16)18-13/h2-5H,6H2,1H3,(H4,15,16,17,18). The molecule has 1 aromatic heterocycles. The van der Waals surface area contributed by atoms with Crippen LogP contribution >= 0.6 is 23.4 Å². The maximum Gasteiger partial charge on any atom is 0.191 e. The number of carbonyl (C=O) groups excluding carboxylic acids is 1. The number of nitrogens with zero attached hydrogens (tertiary/aromatic N) is 2. The Morgan fingerprint density at radius 1 is 1.29 bits per heavy atom. The highest BCUT2D eigenvalue weighted by Crippen LogP contribution is 2.26. The lowest BCUT2D eigenvalue weighted by atomic mass is 10.1. The topological polar surface area (TPSA) is 104 Å². The normalized spacial score (nSPS) is 10.4. The van der Waals surface area contributed by atoms with Crippen molar-refractivity contribution in [2.24, 2.45) is 0 Å². The van der Waals surface area contributed by atoms with Crippen LogP contribution in [0, 0.1) is 0 Å². The number of ketones is 1. The van der Waals surface area contributed by atoms with E-state index >= 15 is 0 Å². The number of methoxy groups -OCH3 is 1. The maximum atomic E-state index is 12.1. The number of rotatable bonds is 5. The van der Waals surface area contributed by atoms with E-state index < -0.39 is 0 Å². The smallest absolute Gasteiger partial charge is 0.191 e. The Morgan fingerprint density at radius 2 is 1.95 bits per heavy atom. The fourth-order valence-electron chi connectivity index (χ4n) is 1.58. The molecular weight excluding hydrogens is 312 g/mol. The summed E-state index contributed by atoms with van der Waals surface area (Å²) in [7, 11) is 1.51. The Labute approximate surface area is 130 Å². The van der Waals surface area contributed by atoms with Gasteiger partial charge in [-0.3, -0.25) is 4.79 Å². The molecule has 1 heterocycles. The van der Waals surface area contributed by atoms with Crippen molar-refractivity contribution < 1.29 is 9.53 Å². The molecule has 0 saturated carbocycles. The van der Waals surface area contributed by atoms with Gasteiger partial charge in [0.15, 0.2) is 10.9 Å². The van der Waals surface area contributed by atoms with Gasteiger partial charge in [0, 0.05) is 11.6 Å². The molecule has 0 aliphatic rings. The van der Waals surface area contributed by atoms with Crippen LogP contribution in [0.15, 0.2) is 29.4 Å². The number of nitrogen functional groups attached to an aromatic ring is 2. The van der Waals surface area contributed by atoms with Gasteiger partial charge in [0.1, 0.15) is 17.4 Å². The zero-order valence-corrected chi connectivity index (χ0v) is 12.7. The first-order valence-electron chi connectivity index (χ1n) is 5.89. The molecule has 110 valence electrons. The van der Waals surface area contributed by atoms with Crippen LogP contribution in [0.2, 0.25) is 5.02 Å². The molecule has 8 heteroatoms. The number of aromatic nitrogens is 2. The van der Waals surface area contributed by atoms with Crippen LogP contribution in [-0.4, -0.2) is 28.6 Å². The molecule has 6 nitrogen and oxygen atoms in total. The number of hydrogen-bond donors (Lipinski definition) is 2. The monoisotopic (exact) mass is 324 g/mol. The van der Waals surface area contributed by atoms with Gasteiger partial charge in [0.05, 0.1) is 17.9 Å². The molecule has 0 aliphatic carbocycles. The summed E-state index contributed by atoms with van der Waals surface area (Å²) in [6.07, 6.45) is 0. The summed E-state index contributed by atoms with van der Waals surface area (Å²) >= 11 is 7.15. The van der Waals surface area contributed by atoms with Gasteiger partial charge in [-0.2, -0.15) is 0 Å². The predicted molar refractivity (Wildman–Crippen MR) is 83.9 cm³/mol. The molecule has 4 N–H and O–H groups in total. The van der Waals surface area contributed by atoms with Crippen LogP contribution in [0.3, 0.4) is 0 Å². The van der Waals surface area contributed by atoms with E-state index in [1.807, 2.05) is 0 Å². The van der Waals surface area contributed by atoms with Gasteiger partial charge in [-0.15, -0.1) is 0 Å². The average molecular weight is 325 g/mol. The summed E-state index contributed by atoms with van der Waals surface area (Å²) in [5.74, 6) is 1.11. The van der Waals surface area contributed by atoms with Crippen LogP contribution in [0.1, 0.15) is 10.4 Å². The van der Waals surface area contributed by atoms with E-state index in [1.165, 1.54) is 13.2 Å². The first-order valence-corrected chi connectivity index (χ1v) is 7.25. The van der Waals surface area contributed by atoms with E-state index in [-0.39, 0.29) is 23.2 Å². The van der Waals surface area contributed by atoms with E-state index in [4.69, 9.17) is 27.8 Å². The minimum absolute atomic E-state index is 0.103. The molecule has 0 bridgehead atoms. The number of nitrogens with two attached hydrogens (primary N) is 2. The van der Waals surface area contributed by atoms with E-state index in [1.54, 1.807) is 18.2 Å². The van der Waals surface area contributed by atoms with Crippen molar-refractivity contribution in [2.75, 3.05) is 24.3 Å². The number of ether oxygens (including phenoxy) is 1. The third-order valence-electron chi connectivity index (χ3n) is 2.55. The predicted octanol–water partition coefficient (Wildman–Crippen LogP) is 2.28. The van der Waals surface area contributed by atoms with Crippen LogP contribution in [-0.2, 0) is 0 Å². The van der Waals surface area contributed by atoms with Gasteiger partial charge < -0.3 is 16.2 Å². The van der Waals surface area contributed by atoms with Crippen molar-refractivity contribution in [3.8, 4) is 5.75 Å². The maximum absolute atomic E-state index is 12.1. The van der Waals surface area contributed by atoms with Gasteiger partial charge in [0.25, 0.3) is 0 Å². The Morgan fingerprint density at radius 3 is 2.52 bits per heavy atom. The van der Waals surface area contributed by atoms with Gasteiger partial charge in [-0.05, 0) is 18.2 Å². The number of benzene rings is 1. The second-order valence-electron chi connectivity index (χ2n) is 4.06. The Balaban J connectivity index is 2.06. The SMILES string of the molecule is COc1ccc(C(=O)CSc2nc(N)cc(N)n2)cc1Cl. The fraction of sp³-hybridized carbons (Fsp3) is 0.154. The van der Waals surface area contributed by atoms with Crippen molar-refractivity contribution >= 4 is 40.8 Å². The van der Waals surface area contributed by atoms with Crippen LogP contribution < -0.4 is 16.2 Å². The Bertz CT molecular complexity index is 661. The molecule has 1 aromatic carbocycles. The fourth-order valence-corrected chi connectivity index (χ4v) is 2.60. The molecule has 0 saturated heterocycles. The van der Waals surface area contributed by atoms with Crippen molar-refractivity contribution in [3.05, 3.63) is 34.9 Å². The first-order chi connectivity index (χ1) is 9.99. The van der Waals surface area contributed by atoms with E-state index in [9.17, 15) is 4.79 Å². The van der Waals surface area contributed by atoms with Gasteiger partial charge in [-0.1, -0.05) is 23.4 Å². The zero-order chi connectivity index (χ0) is 15.4. The zero-order valence-electron chi connectivity index (χ0n) is 11.2. The minimum atomic E-state index is -0.103. The van der Waals surface area contributed by atoms with Gasteiger partial charge in [-0.25, -0.2) is 9.97 Å². The van der Waals surface area contributed by atoms with Crippen molar-refractivity contribution in [2.45, 2.75) is 5.16 Å². The number of thioether (sulfide) groups is 1. The van der Waals surface area contributed by atoms with Crippen LogP contribution in [0.4, 0.5) is 11.6 Å². The molecule has 0 amide bonds. The molecular formula is C13H13ClN4O2S. The third kappa shape index (κ3) is 3.99. The van der Waals surface area contributed by atoms with Gasteiger partial charge >= 0.3 is 0 Å². The molecule has 0 radical (unpaired) electrons. The lowest BCUT2D eigenvalue weighted by Gasteiger charge is -2.05. The highest BCUT2D eigenvalue weighted by Gasteiger charge is 2.11. The average Bonchev–Trinajstić information content (AvgIpc) is 2.43. The summed E-state index contributed by atoms with van der Waals surface area (Å²) in [6, 6.07) is 6.32. The van der Waals surface area contributed by atoms with Crippen LogP contribution in [0.5, 0.6) is 5.75 Å². The number of anilines is 2. The van der Waals surface area contributed by atoms with Gasteiger partial charge in [0.2, 0.25) is 0 Å².